The Hall–Kier alpha value is -4.79. The number of nitrogens with zero attached hydrogens (tertiary/aromatic N) is 2. The molecule has 0 bridgehead atoms. The third kappa shape index (κ3) is 5.56. The molecule has 0 saturated carbocycles. The van der Waals surface area contributed by atoms with Crippen molar-refractivity contribution in [2.24, 2.45) is 0 Å². The minimum Gasteiger partial charge on any atom is -0.456 e. The van der Waals surface area contributed by atoms with Crippen LogP contribution in [0.1, 0.15) is 27.3 Å². The molecule has 1 atom stereocenters. The summed E-state index contributed by atoms with van der Waals surface area (Å²) >= 11 is 0. The van der Waals surface area contributed by atoms with Gasteiger partial charge in [0, 0.05) is 34.6 Å². The van der Waals surface area contributed by atoms with Crippen LogP contribution in [0.3, 0.4) is 0 Å². The Bertz CT molecular complexity index is 1540. The van der Waals surface area contributed by atoms with Gasteiger partial charge in [0.1, 0.15) is 11.9 Å². The number of fused-ring (bicyclic) bond motifs is 1. The SMILES string of the molecule is Cc1ccc(-c2nc(COC(=O)[C@H](Cc3c[nH]c4ccccc34)NC(=O)c3ccc(F)cc3)no2)cc1. The second-order valence-corrected chi connectivity index (χ2v) is 8.59. The van der Waals surface area contributed by atoms with Crippen LogP contribution in [-0.4, -0.2) is 33.0 Å². The van der Waals surface area contributed by atoms with Crippen molar-refractivity contribution in [3.05, 3.63) is 107 Å². The van der Waals surface area contributed by atoms with Crippen LogP contribution in [0.25, 0.3) is 22.4 Å². The van der Waals surface area contributed by atoms with Crippen molar-refractivity contribution in [3.63, 3.8) is 0 Å². The molecule has 2 heterocycles. The number of ether oxygens (including phenoxy) is 1. The number of rotatable bonds is 8. The summed E-state index contributed by atoms with van der Waals surface area (Å²) in [5.41, 5.74) is 3.81. The number of nitrogens with one attached hydrogen (secondary N) is 2. The first kappa shape index (κ1) is 23.9. The second-order valence-electron chi connectivity index (χ2n) is 8.59. The molecule has 0 unspecified atom stereocenters. The Morgan fingerprint density at radius 2 is 1.81 bits per heavy atom. The summed E-state index contributed by atoms with van der Waals surface area (Å²) < 4.78 is 24.1. The number of esters is 1. The number of amides is 1. The van der Waals surface area contributed by atoms with E-state index in [1.165, 1.54) is 24.3 Å². The van der Waals surface area contributed by atoms with Gasteiger partial charge in [0.05, 0.1) is 0 Å². The fraction of sp³-hybridized carbons (Fsp3) is 0.143. The molecule has 0 aliphatic carbocycles. The van der Waals surface area contributed by atoms with Crippen LogP contribution in [0.5, 0.6) is 0 Å². The maximum absolute atomic E-state index is 13.3. The molecule has 5 aromatic rings. The highest BCUT2D eigenvalue weighted by molar-refractivity contribution is 5.97. The molecule has 0 aliphatic rings. The van der Waals surface area contributed by atoms with E-state index < -0.39 is 23.7 Å². The van der Waals surface area contributed by atoms with Crippen LogP contribution in [0.2, 0.25) is 0 Å². The van der Waals surface area contributed by atoms with Crippen LogP contribution in [0.15, 0.2) is 83.5 Å². The number of hydrogen-bond acceptors (Lipinski definition) is 6. The lowest BCUT2D eigenvalue weighted by molar-refractivity contribution is -0.147. The summed E-state index contributed by atoms with van der Waals surface area (Å²) in [5.74, 6) is -1.15. The number of hydrogen-bond donors (Lipinski definition) is 2. The molecule has 3 aromatic carbocycles. The van der Waals surface area contributed by atoms with Gasteiger partial charge in [0.25, 0.3) is 11.8 Å². The van der Waals surface area contributed by atoms with Gasteiger partial charge in [0.15, 0.2) is 6.61 Å². The number of aromatic nitrogens is 3. The van der Waals surface area contributed by atoms with Gasteiger partial charge >= 0.3 is 5.97 Å². The predicted octanol–water partition coefficient (Wildman–Crippen LogP) is 4.75. The molecule has 9 heteroatoms. The predicted molar refractivity (Wildman–Crippen MR) is 134 cm³/mol. The zero-order chi connectivity index (χ0) is 25.8. The summed E-state index contributed by atoms with van der Waals surface area (Å²) in [6.45, 7) is 1.75. The molecule has 0 aliphatic heterocycles. The summed E-state index contributed by atoms with van der Waals surface area (Å²) in [5, 5.41) is 7.53. The van der Waals surface area contributed by atoms with Crippen molar-refractivity contribution < 1.29 is 23.2 Å². The normalized spacial score (nSPS) is 11.8. The number of para-hydroxylation sites is 1. The third-order valence-electron chi connectivity index (χ3n) is 5.91. The lowest BCUT2D eigenvalue weighted by Gasteiger charge is -2.17. The first-order chi connectivity index (χ1) is 18.0. The van der Waals surface area contributed by atoms with E-state index >= 15 is 0 Å². The van der Waals surface area contributed by atoms with Crippen LogP contribution in [0, 0.1) is 12.7 Å². The van der Waals surface area contributed by atoms with Crippen LogP contribution in [0.4, 0.5) is 4.39 Å². The highest BCUT2D eigenvalue weighted by Gasteiger charge is 2.25. The van der Waals surface area contributed by atoms with E-state index in [2.05, 4.69) is 20.4 Å². The van der Waals surface area contributed by atoms with Crippen LogP contribution in [-0.2, 0) is 22.6 Å². The van der Waals surface area contributed by atoms with Crippen molar-refractivity contribution in [1.29, 1.82) is 0 Å². The van der Waals surface area contributed by atoms with E-state index in [-0.39, 0.29) is 24.4 Å². The number of halogens is 1. The first-order valence-electron chi connectivity index (χ1n) is 11.6. The topological polar surface area (TPSA) is 110 Å². The van der Waals surface area contributed by atoms with Crippen molar-refractivity contribution in [3.8, 4) is 11.5 Å². The monoisotopic (exact) mass is 498 g/mol. The number of H-pyrrole nitrogens is 1. The average molecular weight is 499 g/mol. The van der Waals surface area contributed by atoms with Crippen molar-refractivity contribution in [1.82, 2.24) is 20.4 Å². The molecule has 37 heavy (non-hydrogen) atoms. The molecule has 0 fully saturated rings. The number of carbonyl (C=O) groups is 2. The summed E-state index contributed by atoms with van der Waals surface area (Å²) in [4.78, 5) is 33.4. The summed E-state index contributed by atoms with van der Waals surface area (Å²) in [6.07, 6.45) is 1.97. The number of aryl methyl sites for hydroxylation is 1. The molecule has 5 rings (SSSR count). The minimum absolute atomic E-state index is 0.177. The first-order valence-corrected chi connectivity index (χ1v) is 11.6. The standard InChI is InChI=1S/C28H23FN4O4/c1-17-6-8-19(9-7-17)27-32-25(33-37-27)16-36-28(35)24(31-26(34)18-10-12-21(29)13-11-18)14-20-15-30-23-5-3-2-4-22(20)23/h2-13,15,24,30H,14,16H2,1H3,(H,31,34)/t24-/m0/s1. The van der Waals surface area contributed by atoms with Crippen LogP contribution >= 0.6 is 0 Å². The second kappa shape index (κ2) is 10.4. The minimum atomic E-state index is -1.01. The Labute approximate surface area is 211 Å². The van der Waals surface area contributed by atoms with E-state index in [0.29, 0.717) is 5.89 Å². The Balaban J connectivity index is 1.32. The molecular weight excluding hydrogens is 475 g/mol. The maximum Gasteiger partial charge on any atom is 0.329 e. The molecule has 8 nitrogen and oxygen atoms in total. The quantitative estimate of drug-likeness (QED) is 0.299. The molecule has 1 amide bonds. The number of carbonyl (C=O) groups excluding carboxylic acids is 2. The molecule has 0 spiro atoms. The van der Waals surface area contributed by atoms with E-state index in [9.17, 15) is 14.0 Å². The van der Waals surface area contributed by atoms with E-state index in [1.54, 1.807) is 6.20 Å². The van der Waals surface area contributed by atoms with Gasteiger partial charge in [-0.25, -0.2) is 9.18 Å². The fourth-order valence-corrected chi connectivity index (χ4v) is 3.92. The van der Waals surface area contributed by atoms with Crippen molar-refractivity contribution in [2.45, 2.75) is 26.0 Å². The molecule has 0 radical (unpaired) electrons. The lowest BCUT2D eigenvalue weighted by Crippen LogP contribution is -2.43. The zero-order valence-electron chi connectivity index (χ0n) is 19.9. The Morgan fingerprint density at radius 1 is 1.05 bits per heavy atom. The zero-order valence-corrected chi connectivity index (χ0v) is 19.9. The lowest BCUT2D eigenvalue weighted by atomic mass is 10.0. The average Bonchev–Trinajstić information content (AvgIpc) is 3.55. The van der Waals surface area contributed by atoms with E-state index in [1.807, 2.05) is 55.5 Å². The van der Waals surface area contributed by atoms with Crippen molar-refractivity contribution >= 4 is 22.8 Å². The summed E-state index contributed by atoms with van der Waals surface area (Å²) in [7, 11) is 0. The highest BCUT2D eigenvalue weighted by Crippen LogP contribution is 2.21. The van der Waals surface area contributed by atoms with E-state index in [0.717, 1.165) is 27.6 Å². The highest BCUT2D eigenvalue weighted by atomic mass is 19.1. The Kier molecular flexibility index (Phi) is 6.76. The molecule has 2 aromatic heterocycles. The third-order valence-corrected chi connectivity index (χ3v) is 5.91. The van der Waals surface area contributed by atoms with Gasteiger partial charge in [-0.1, -0.05) is 41.1 Å². The van der Waals surface area contributed by atoms with Gasteiger partial charge in [-0.3, -0.25) is 4.79 Å². The number of aromatic amines is 1. The van der Waals surface area contributed by atoms with Crippen molar-refractivity contribution in [2.75, 3.05) is 0 Å². The largest absolute Gasteiger partial charge is 0.456 e. The van der Waals surface area contributed by atoms with Gasteiger partial charge in [-0.05, 0) is 55.0 Å². The van der Waals surface area contributed by atoms with Gasteiger partial charge < -0.3 is 19.6 Å². The van der Waals surface area contributed by atoms with Gasteiger partial charge in [0.2, 0.25) is 5.82 Å². The van der Waals surface area contributed by atoms with E-state index in [4.69, 9.17) is 9.26 Å². The maximum atomic E-state index is 13.3. The Morgan fingerprint density at radius 3 is 2.59 bits per heavy atom. The molecule has 2 N–H and O–H groups in total. The molecule has 0 saturated heterocycles. The fourth-order valence-electron chi connectivity index (χ4n) is 3.92. The number of benzene rings is 3. The van der Waals surface area contributed by atoms with Crippen LogP contribution < -0.4 is 5.32 Å². The van der Waals surface area contributed by atoms with Gasteiger partial charge in [-0.2, -0.15) is 4.98 Å². The molecular formula is C28H23FN4O4. The summed E-state index contributed by atoms with van der Waals surface area (Å²) in [6, 6.07) is 19.3. The van der Waals surface area contributed by atoms with Gasteiger partial charge in [-0.15, -0.1) is 0 Å². The smallest absolute Gasteiger partial charge is 0.329 e. The molecule has 186 valence electrons.